The smallest absolute Gasteiger partial charge is 0.131 e. The van der Waals surface area contributed by atoms with Crippen LogP contribution in [0, 0.1) is 11.7 Å². The van der Waals surface area contributed by atoms with Crippen molar-refractivity contribution in [3.05, 3.63) is 29.6 Å². The fourth-order valence-corrected chi connectivity index (χ4v) is 2.63. The average Bonchev–Trinajstić information content (AvgIpc) is 2.86. The van der Waals surface area contributed by atoms with Crippen molar-refractivity contribution in [2.45, 2.75) is 31.9 Å². The Labute approximate surface area is 107 Å². The van der Waals surface area contributed by atoms with E-state index in [4.69, 9.17) is 15.2 Å². The molecule has 3 atom stereocenters. The van der Waals surface area contributed by atoms with Crippen molar-refractivity contribution in [3.8, 4) is 5.75 Å². The van der Waals surface area contributed by atoms with E-state index >= 15 is 0 Å². The number of methoxy groups -OCH3 is 1. The summed E-state index contributed by atoms with van der Waals surface area (Å²) in [5.41, 5.74) is 6.74. The quantitative estimate of drug-likeness (QED) is 0.897. The van der Waals surface area contributed by atoms with Crippen LogP contribution in [0.1, 0.15) is 31.4 Å². The summed E-state index contributed by atoms with van der Waals surface area (Å²) in [6.07, 6.45) is 1.95. The number of ether oxygens (including phenoxy) is 2. The van der Waals surface area contributed by atoms with Crippen LogP contribution in [0.5, 0.6) is 5.75 Å². The van der Waals surface area contributed by atoms with E-state index in [9.17, 15) is 4.39 Å². The Morgan fingerprint density at radius 1 is 1.56 bits per heavy atom. The molecule has 1 aliphatic rings. The third-order valence-corrected chi connectivity index (χ3v) is 3.69. The van der Waals surface area contributed by atoms with Gasteiger partial charge in [0.15, 0.2) is 0 Å². The van der Waals surface area contributed by atoms with Gasteiger partial charge < -0.3 is 15.2 Å². The lowest BCUT2D eigenvalue weighted by Crippen LogP contribution is -2.28. The number of halogens is 1. The van der Waals surface area contributed by atoms with Crippen LogP contribution in [0.15, 0.2) is 18.2 Å². The van der Waals surface area contributed by atoms with Gasteiger partial charge >= 0.3 is 0 Å². The number of benzene rings is 1. The molecule has 3 nitrogen and oxygen atoms in total. The van der Waals surface area contributed by atoms with Gasteiger partial charge in [-0.3, -0.25) is 0 Å². The summed E-state index contributed by atoms with van der Waals surface area (Å²) in [7, 11) is 1.52. The largest absolute Gasteiger partial charge is 0.497 e. The normalized spacial score (nSPS) is 25.1. The van der Waals surface area contributed by atoms with E-state index in [1.807, 2.05) is 0 Å². The SMILES string of the molecule is CCC1OCCC1C(N)c1ccc(OC)cc1F. The molecule has 18 heavy (non-hydrogen) atoms. The fraction of sp³-hybridized carbons (Fsp3) is 0.571. The van der Waals surface area contributed by atoms with E-state index in [1.165, 1.54) is 13.2 Å². The lowest BCUT2D eigenvalue weighted by molar-refractivity contribution is 0.0810. The minimum absolute atomic E-state index is 0.140. The third-order valence-electron chi connectivity index (χ3n) is 3.69. The van der Waals surface area contributed by atoms with Crippen molar-refractivity contribution in [3.63, 3.8) is 0 Å². The first-order chi connectivity index (χ1) is 8.67. The Morgan fingerprint density at radius 3 is 2.94 bits per heavy atom. The highest BCUT2D eigenvalue weighted by Gasteiger charge is 2.33. The molecule has 1 aliphatic heterocycles. The van der Waals surface area contributed by atoms with Gasteiger partial charge in [0.2, 0.25) is 0 Å². The van der Waals surface area contributed by atoms with Gasteiger partial charge in [0.05, 0.1) is 13.2 Å². The van der Waals surface area contributed by atoms with Gasteiger partial charge in [-0.1, -0.05) is 13.0 Å². The lowest BCUT2D eigenvalue weighted by atomic mass is 9.87. The molecule has 1 fully saturated rings. The van der Waals surface area contributed by atoms with Gasteiger partial charge in [0, 0.05) is 30.2 Å². The number of hydrogen-bond acceptors (Lipinski definition) is 3. The first-order valence-electron chi connectivity index (χ1n) is 6.38. The van der Waals surface area contributed by atoms with Gasteiger partial charge in [-0.2, -0.15) is 0 Å². The summed E-state index contributed by atoms with van der Waals surface area (Å²) in [6, 6.07) is 4.52. The molecule has 3 unspecified atom stereocenters. The summed E-state index contributed by atoms with van der Waals surface area (Å²) in [5, 5.41) is 0. The molecular weight excluding hydrogens is 233 g/mol. The molecule has 100 valence electrons. The highest BCUT2D eigenvalue weighted by Crippen LogP contribution is 2.34. The summed E-state index contributed by atoms with van der Waals surface area (Å²) < 4.78 is 24.6. The van der Waals surface area contributed by atoms with Gasteiger partial charge in [0.1, 0.15) is 11.6 Å². The topological polar surface area (TPSA) is 44.5 Å². The van der Waals surface area contributed by atoms with Crippen LogP contribution in [-0.2, 0) is 4.74 Å². The van der Waals surface area contributed by atoms with E-state index in [-0.39, 0.29) is 23.9 Å². The maximum atomic E-state index is 14.0. The van der Waals surface area contributed by atoms with Gasteiger partial charge in [-0.05, 0) is 18.9 Å². The van der Waals surface area contributed by atoms with Gasteiger partial charge in [-0.25, -0.2) is 4.39 Å². The molecule has 2 rings (SSSR count). The molecule has 0 bridgehead atoms. The highest BCUT2D eigenvalue weighted by molar-refractivity contribution is 5.31. The van der Waals surface area contributed by atoms with Crippen LogP contribution in [-0.4, -0.2) is 19.8 Å². The van der Waals surface area contributed by atoms with E-state index in [2.05, 4.69) is 6.92 Å². The molecule has 1 saturated heterocycles. The summed E-state index contributed by atoms with van der Waals surface area (Å²) in [5.74, 6) is 0.402. The van der Waals surface area contributed by atoms with Crippen LogP contribution in [0.4, 0.5) is 4.39 Å². The van der Waals surface area contributed by atoms with Crippen molar-refractivity contribution in [1.29, 1.82) is 0 Å². The molecule has 0 radical (unpaired) electrons. The van der Waals surface area contributed by atoms with Crippen LogP contribution in [0.2, 0.25) is 0 Å². The monoisotopic (exact) mass is 253 g/mol. The average molecular weight is 253 g/mol. The summed E-state index contributed by atoms with van der Waals surface area (Å²) in [6.45, 7) is 2.79. The molecule has 0 amide bonds. The van der Waals surface area contributed by atoms with E-state index in [0.717, 1.165) is 12.8 Å². The Hall–Kier alpha value is -1.13. The molecule has 2 N–H and O–H groups in total. The van der Waals surface area contributed by atoms with E-state index in [1.54, 1.807) is 12.1 Å². The maximum Gasteiger partial charge on any atom is 0.131 e. The number of hydrogen-bond donors (Lipinski definition) is 1. The molecule has 1 aromatic rings. The standard InChI is InChI=1S/C14H20FNO2/c1-3-13-11(6-7-18-13)14(16)10-5-4-9(17-2)8-12(10)15/h4-5,8,11,13-14H,3,6-7,16H2,1-2H3. The summed E-state index contributed by atoms with van der Waals surface area (Å²) >= 11 is 0. The fourth-order valence-electron chi connectivity index (χ4n) is 2.63. The van der Waals surface area contributed by atoms with Crippen LogP contribution in [0.25, 0.3) is 0 Å². The van der Waals surface area contributed by atoms with Crippen molar-refractivity contribution in [2.75, 3.05) is 13.7 Å². The Kier molecular flexibility index (Phi) is 4.19. The molecule has 0 aromatic heterocycles. The van der Waals surface area contributed by atoms with E-state index in [0.29, 0.717) is 17.9 Å². The molecule has 0 saturated carbocycles. The van der Waals surface area contributed by atoms with Crippen LogP contribution >= 0.6 is 0 Å². The number of rotatable bonds is 4. The first kappa shape index (κ1) is 13.3. The minimum atomic E-state index is -0.316. The van der Waals surface area contributed by atoms with Crippen LogP contribution in [0.3, 0.4) is 0 Å². The predicted octanol–water partition coefficient (Wildman–Crippen LogP) is 2.65. The zero-order chi connectivity index (χ0) is 13.1. The molecule has 0 spiro atoms. The second-order valence-corrected chi connectivity index (χ2v) is 4.68. The van der Waals surface area contributed by atoms with Crippen molar-refractivity contribution < 1.29 is 13.9 Å². The molecule has 1 aromatic carbocycles. The zero-order valence-electron chi connectivity index (χ0n) is 10.9. The van der Waals surface area contributed by atoms with Crippen molar-refractivity contribution in [2.24, 2.45) is 11.7 Å². The Bertz CT molecular complexity index is 411. The first-order valence-corrected chi connectivity index (χ1v) is 6.38. The van der Waals surface area contributed by atoms with Gasteiger partial charge in [-0.15, -0.1) is 0 Å². The number of nitrogens with two attached hydrogens (primary N) is 1. The summed E-state index contributed by atoms with van der Waals surface area (Å²) in [4.78, 5) is 0. The molecular formula is C14H20FNO2. The molecule has 4 heteroatoms. The molecule has 1 heterocycles. The maximum absolute atomic E-state index is 14.0. The van der Waals surface area contributed by atoms with Crippen molar-refractivity contribution in [1.82, 2.24) is 0 Å². The second-order valence-electron chi connectivity index (χ2n) is 4.68. The lowest BCUT2D eigenvalue weighted by Gasteiger charge is -2.24. The Balaban J connectivity index is 2.20. The zero-order valence-corrected chi connectivity index (χ0v) is 10.9. The second kappa shape index (κ2) is 5.67. The van der Waals surface area contributed by atoms with Crippen LogP contribution < -0.4 is 10.5 Å². The third kappa shape index (κ3) is 2.49. The minimum Gasteiger partial charge on any atom is -0.497 e. The predicted molar refractivity (Wildman–Crippen MR) is 68.0 cm³/mol. The van der Waals surface area contributed by atoms with Crippen molar-refractivity contribution >= 4 is 0 Å². The van der Waals surface area contributed by atoms with Gasteiger partial charge in [0.25, 0.3) is 0 Å². The van der Waals surface area contributed by atoms with E-state index < -0.39 is 0 Å². The highest BCUT2D eigenvalue weighted by atomic mass is 19.1. The Morgan fingerprint density at radius 2 is 2.33 bits per heavy atom. The molecule has 0 aliphatic carbocycles.